The minimum absolute atomic E-state index is 0.0827. The predicted octanol–water partition coefficient (Wildman–Crippen LogP) is 4.27. The zero-order valence-electron chi connectivity index (χ0n) is 14.0. The van der Waals surface area contributed by atoms with Gasteiger partial charge in [0.15, 0.2) is 11.6 Å². The van der Waals surface area contributed by atoms with Gasteiger partial charge in [-0.15, -0.1) is 0 Å². The second-order valence-corrected chi connectivity index (χ2v) is 5.97. The zero-order chi connectivity index (χ0) is 19.2. The number of rotatable bonds is 5. The summed E-state index contributed by atoms with van der Waals surface area (Å²) >= 11 is 5.80. The molecule has 0 spiro atoms. The quantitative estimate of drug-likeness (QED) is 0.298. The Balaban J connectivity index is 1.68. The summed E-state index contributed by atoms with van der Waals surface area (Å²) in [6.45, 7) is -0.441. The lowest BCUT2D eigenvalue weighted by Gasteiger charge is -2.03. The van der Waals surface area contributed by atoms with E-state index in [1.165, 1.54) is 6.08 Å². The van der Waals surface area contributed by atoms with Crippen LogP contribution >= 0.6 is 11.6 Å². The number of para-hydroxylation sites is 2. The average molecular weight is 380 g/mol. The molecule has 3 rings (SSSR count). The third-order valence-corrected chi connectivity index (χ3v) is 3.91. The predicted molar refractivity (Wildman–Crippen MR) is 103 cm³/mol. The lowest BCUT2D eigenvalue weighted by molar-refractivity contribution is -0.137. The summed E-state index contributed by atoms with van der Waals surface area (Å²) in [6.07, 6.45) is 2.79. The van der Waals surface area contributed by atoms with Gasteiger partial charge >= 0.3 is 5.97 Å². The van der Waals surface area contributed by atoms with Gasteiger partial charge in [-0.3, -0.25) is 0 Å². The van der Waals surface area contributed by atoms with Crippen molar-refractivity contribution in [2.45, 2.75) is 0 Å². The molecule has 2 aromatic carbocycles. The van der Waals surface area contributed by atoms with Crippen LogP contribution in [0, 0.1) is 11.3 Å². The molecule has 3 aromatic rings. The highest BCUT2D eigenvalue weighted by molar-refractivity contribution is 6.30. The molecule has 1 heterocycles. The fourth-order valence-electron chi connectivity index (χ4n) is 2.32. The molecule has 0 atom stereocenters. The number of nitrogens with zero attached hydrogens (tertiary/aromatic N) is 2. The molecule has 0 amide bonds. The molecule has 0 saturated heterocycles. The van der Waals surface area contributed by atoms with Gasteiger partial charge in [-0.2, -0.15) is 5.26 Å². The number of aliphatic hydroxyl groups excluding tert-OH is 1. The summed E-state index contributed by atoms with van der Waals surface area (Å²) in [7, 11) is 0. The number of nitriles is 1. The zero-order valence-corrected chi connectivity index (χ0v) is 14.8. The Bertz CT molecular complexity index is 1040. The van der Waals surface area contributed by atoms with E-state index >= 15 is 0 Å². The first-order chi connectivity index (χ1) is 13.1. The first-order valence-corrected chi connectivity index (χ1v) is 8.32. The monoisotopic (exact) mass is 379 g/mol. The Morgan fingerprint density at radius 3 is 2.70 bits per heavy atom. The van der Waals surface area contributed by atoms with Gasteiger partial charge in [0.25, 0.3) is 0 Å². The number of ether oxygens (including phenoxy) is 1. The molecule has 1 aromatic heterocycles. The number of esters is 1. The number of allylic oxidation sites excluding steroid dienone is 1. The van der Waals surface area contributed by atoms with Gasteiger partial charge in [0, 0.05) is 11.1 Å². The van der Waals surface area contributed by atoms with Gasteiger partial charge in [0.05, 0.1) is 11.0 Å². The van der Waals surface area contributed by atoms with Crippen LogP contribution in [0.25, 0.3) is 22.7 Å². The minimum Gasteiger partial charge on any atom is -0.507 e. The molecule has 0 aliphatic carbocycles. The number of carbonyl (C=O) groups excluding carboxylic acids is 1. The van der Waals surface area contributed by atoms with Crippen molar-refractivity contribution in [3.8, 4) is 6.07 Å². The number of H-pyrrole nitrogens is 1. The van der Waals surface area contributed by atoms with Crippen LogP contribution in [0.1, 0.15) is 11.4 Å². The number of hydrogen-bond donors (Lipinski definition) is 2. The number of benzene rings is 2. The molecule has 0 radical (unpaired) electrons. The van der Waals surface area contributed by atoms with E-state index in [-0.39, 0.29) is 17.2 Å². The highest BCUT2D eigenvalue weighted by Crippen LogP contribution is 2.18. The SMILES string of the molecule is N#CC(=C(O)COC(=O)C=Cc1ccc(Cl)cc1)c1nc2ccccc2[nH]1. The topological polar surface area (TPSA) is 99.0 Å². The number of halogens is 1. The maximum absolute atomic E-state index is 11.8. The number of aromatic amines is 1. The molecule has 0 fully saturated rings. The number of hydrogen-bond acceptors (Lipinski definition) is 5. The lowest BCUT2D eigenvalue weighted by atomic mass is 10.2. The Morgan fingerprint density at radius 2 is 2.00 bits per heavy atom. The summed E-state index contributed by atoms with van der Waals surface area (Å²) in [5.74, 6) is -0.827. The summed E-state index contributed by atoms with van der Waals surface area (Å²) < 4.78 is 4.98. The van der Waals surface area contributed by atoms with Crippen molar-refractivity contribution >= 4 is 40.3 Å². The fourth-order valence-corrected chi connectivity index (χ4v) is 2.45. The second kappa shape index (κ2) is 8.21. The number of nitrogens with one attached hydrogen (secondary N) is 1. The van der Waals surface area contributed by atoms with Crippen molar-refractivity contribution < 1.29 is 14.6 Å². The van der Waals surface area contributed by atoms with Gasteiger partial charge < -0.3 is 14.8 Å². The van der Waals surface area contributed by atoms with Crippen LogP contribution in [-0.2, 0) is 9.53 Å². The number of aromatic nitrogens is 2. The van der Waals surface area contributed by atoms with Crippen molar-refractivity contribution in [2.75, 3.05) is 6.61 Å². The van der Waals surface area contributed by atoms with E-state index in [1.54, 1.807) is 42.5 Å². The van der Waals surface area contributed by atoms with E-state index in [9.17, 15) is 15.2 Å². The van der Waals surface area contributed by atoms with Gasteiger partial charge in [0.1, 0.15) is 18.2 Å². The summed E-state index contributed by atoms with van der Waals surface area (Å²) in [6, 6.07) is 16.0. The van der Waals surface area contributed by atoms with Crippen LogP contribution in [0.4, 0.5) is 0 Å². The van der Waals surface area contributed by atoms with E-state index in [2.05, 4.69) is 9.97 Å². The van der Waals surface area contributed by atoms with Crippen LogP contribution in [0.2, 0.25) is 5.02 Å². The van der Waals surface area contributed by atoms with Crippen LogP contribution in [0.15, 0.2) is 60.4 Å². The molecule has 134 valence electrons. The number of aliphatic hydroxyl groups is 1. The summed E-state index contributed by atoms with van der Waals surface area (Å²) in [5.41, 5.74) is 2.09. The van der Waals surface area contributed by atoms with E-state index < -0.39 is 12.6 Å². The third kappa shape index (κ3) is 4.54. The number of fused-ring (bicyclic) bond motifs is 1. The smallest absolute Gasteiger partial charge is 0.331 e. The summed E-state index contributed by atoms with van der Waals surface area (Å²) in [4.78, 5) is 19.0. The van der Waals surface area contributed by atoms with Gasteiger partial charge in [-0.1, -0.05) is 35.9 Å². The Morgan fingerprint density at radius 1 is 1.26 bits per heavy atom. The van der Waals surface area contributed by atoms with Crippen LogP contribution in [-0.4, -0.2) is 27.7 Å². The average Bonchev–Trinajstić information content (AvgIpc) is 3.10. The molecule has 2 N–H and O–H groups in total. The lowest BCUT2D eigenvalue weighted by Crippen LogP contribution is -2.06. The number of carbonyl (C=O) groups is 1. The van der Waals surface area contributed by atoms with Crippen molar-refractivity contribution in [1.82, 2.24) is 9.97 Å². The van der Waals surface area contributed by atoms with E-state index in [4.69, 9.17) is 16.3 Å². The highest BCUT2D eigenvalue weighted by Gasteiger charge is 2.14. The Hall–Kier alpha value is -3.56. The molecular weight excluding hydrogens is 366 g/mol. The van der Waals surface area contributed by atoms with E-state index in [0.29, 0.717) is 10.5 Å². The molecule has 0 aliphatic heterocycles. The van der Waals surface area contributed by atoms with Gasteiger partial charge in [-0.25, -0.2) is 9.78 Å². The summed E-state index contributed by atoms with van der Waals surface area (Å²) in [5, 5.41) is 20.1. The van der Waals surface area contributed by atoms with Crippen LogP contribution < -0.4 is 0 Å². The molecule has 0 saturated carbocycles. The van der Waals surface area contributed by atoms with Crippen LogP contribution in [0.3, 0.4) is 0 Å². The third-order valence-electron chi connectivity index (χ3n) is 3.66. The molecule has 0 aliphatic rings. The van der Waals surface area contributed by atoms with E-state index in [0.717, 1.165) is 11.1 Å². The standard InChI is InChI=1S/C20H14ClN3O3/c21-14-8-5-13(6-9-14)7-10-19(26)27-12-18(25)15(11-22)20-23-16-3-1-2-4-17(16)24-20/h1-10,25H,12H2,(H,23,24). The first-order valence-electron chi connectivity index (χ1n) is 7.94. The first kappa shape index (κ1) is 18.2. The Kier molecular flexibility index (Phi) is 5.55. The van der Waals surface area contributed by atoms with E-state index in [1.807, 2.05) is 18.2 Å². The highest BCUT2D eigenvalue weighted by atomic mass is 35.5. The molecule has 0 unspecified atom stereocenters. The van der Waals surface area contributed by atoms with Gasteiger partial charge in [0.2, 0.25) is 0 Å². The Labute approximate surface area is 160 Å². The maximum Gasteiger partial charge on any atom is 0.331 e. The normalized spacial score (nSPS) is 12.0. The van der Waals surface area contributed by atoms with Crippen molar-refractivity contribution in [3.05, 3.63) is 76.8 Å². The molecule has 7 heteroatoms. The fraction of sp³-hybridized carbons (Fsp3) is 0.0500. The molecule has 6 nitrogen and oxygen atoms in total. The van der Waals surface area contributed by atoms with Crippen molar-refractivity contribution in [3.63, 3.8) is 0 Å². The minimum atomic E-state index is -0.654. The molecular formula is C20H14ClN3O3. The van der Waals surface area contributed by atoms with Gasteiger partial charge in [-0.05, 0) is 35.9 Å². The van der Waals surface area contributed by atoms with Crippen LogP contribution in [0.5, 0.6) is 0 Å². The largest absolute Gasteiger partial charge is 0.507 e. The maximum atomic E-state index is 11.8. The molecule has 0 bridgehead atoms. The van der Waals surface area contributed by atoms with Crippen molar-refractivity contribution in [2.24, 2.45) is 0 Å². The van der Waals surface area contributed by atoms with Crippen molar-refractivity contribution in [1.29, 1.82) is 5.26 Å². The second-order valence-electron chi connectivity index (χ2n) is 5.53. The number of imidazole rings is 1. The molecule has 27 heavy (non-hydrogen) atoms.